The Labute approximate surface area is 139 Å². The molecular weight excluding hydrogens is 342 g/mol. The second-order valence-electron chi connectivity index (χ2n) is 4.19. The van der Waals surface area contributed by atoms with Gasteiger partial charge in [-0.15, -0.1) is 40.1 Å². The molecule has 0 saturated carbocycles. The molecule has 1 radical (unpaired) electrons. The van der Waals surface area contributed by atoms with Crippen LogP contribution in [0.1, 0.15) is 18.9 Å². The molecule has 1 aliphatic rings. The molecule has 0 spiro atoms. The first-order valence-electron chi connectivity index (χ1n) is 5.36. The molecule has 3 heteroatoms. The summed E-state index contributed by atoms with van der Waals surface area (Å²) in [6.45, 7) is 2.16. The summed E-state index contributed by atoms with van der Waals surface area (Å²) in [7, 11) is 0. The summed E-state index contributed by atoms with van der Waals surface area (Å²) in [6, 6.07) is 13.1. The molecule has 0 saturated heterocycles. The first kappa shape index (κ1) is 17.8. The van der Waals surface area contributed by atoms with Crippen molar-refractivity contribution in [1.82, 2.24) is 0 Å². The van der Waals surface area contributed by atoms with Crippen molar-refractivity contribution in [3.63, 3.8) is 0 Å². The minimum atomic E-state index is 0. The Balaban J connectivity index is 0.000000963. The van der Waals surface area contributed by atoms with Crippen LogP contribution >= 0.6 is 0 Å². The van der Waals surface area contributed by atoms with Gasteiger partial charge in [0.15, 0.2) is 0 Å². The number of hydrogen-bond donors (Lipinski definition) is 0. The molecule has 3 rings (SSSR count). The third-order valence-corrected chi connectivity index (χ3v) is 3.03. The van der Waals surface area contributed by atoms with Crippen LogP contribution in [0.25, 0.3) is 16.3 Å². The number of halogens is 2. The van der Waals surface area contributed by atoms with Gasteiger partial charge in [-0.1, -0.05) is 35.9 Å². The summed E-state index contributed by atoms with van der Waals surface area (Å²) in [5.74, 6) is 0. The largest absolute Gasteiger partial charge is 3.00 e. The Morgan fingerprint density at radius 1 is 1.11 bits per heavy atom. The molecule has 0 bridgehead atoms. The standard InChI is InChI=1S/C15H13.2ClH.Zr/c1-11-6-7-14(8-11)15-9-12-4-2-3-5-13(12)10-15;;;/h2-6,8-10H,7H2,1H3;2*1H;/q-1;;;+3/p-2. The molecule has 0 amide bonds. The Hall–Kier alpha value is -0.227. The fourth-order valence-corrected chi connectivity index (χ4v) is 2.20. The van der Waals surface area contributed by atoms with Crippen molar-refractivity contribution in [3.05, 3.63) is 59.7 Å². The van der Waals surface area contributed by atoms with Crippen molar-refractivity contribution in [2.24, 2.45) is 0 Å². The normalized spacial score (nSPS) is 12.9. The van der Waals surface area contributed by atoms with Crippen molar-refractivity contribution < 1.29 is 51.0 Å². The minimum Gasteiger partial charge on any atom is -1.00 e. The van der Waals surface area contributed by atoms with Gasteiger partial charge >= 0.3 is 26.2 Å². The van der Waals surface area contributed by atoms with Gasteiger partial charge in [-0.2, -0.15) is 0 Å². The SMILES string of the molecule is CC1=CCC(c2cc3ccccc3[cH-]2)=C1.[Cl-].[Cl-].[Zr+3]. The molecule has 0 atom stereocenters. The number of fused-ring (bicyclic) bond motifs is 1. The van der Waals surface area contributed by atoms with E-state index in [0.717, 1.165) is 6.42 Å². The molecule has 2 aromatic carbocycles. The monoisotopic (exact) mass is 353 g/mol. The van der Waals surface area contributed by atoms with E-state index in [9.17, 15) is 0 Å². The second-order valence-corrected chi connectivity index (χ2v) is 4.19. The summed E-state index contributed by atoms with van der Waals surface area (Å²) >= 11 is 0. The summed E-state index contributed by atoms with van der Waals surface area (Å²) in [6.07, 6.45) is 5.66. The maximum absolute atomic E-state index is 2.29. The van der Waals surface area contributed by atoms with E-state index in [2.05, 4.69) is 55.5 Å². The molecule has 18 heavy (non-hydrogen) atoms. The first-order valence-corrected chi connectivity index (χ1v) is 5.36. The first-order chi connectivity index (χ1) is 7.33. The van der Waals surface area contributed by atoms with Gasteiger partial charge < -0.3 is 24.8 Å². The van der Waals surface area contributed by atoms with E-state index in [1.165, 1.54) is 27.5 Å². The van der Waals surface area contributed by atoms with Crippen LogP contribution in [0.2, 0.25) is 0 Å². The third-order valence-electron chi connectivity index (χ3n) is 3.03. The van der Waals surface area contributed by atoms with Crippen molar-refractivity contribution in [2.75, 3.05) is 0 Å². The van der Waals surface area contributed by atoms with Gasteiger partial charge in [0.2, 0.25) is 0 Å². The number of hydrogen-bond acceptors (Lipinski definition) is 0. The van der Waals surface area contributed by atoms with Gasteiger partial charge in [0.25, 0.3) is 0 Å². The van der Waals surface area contributed by atoms with Crippen molar-refractivity contribution in [1.29, 1.82) is 0 Å². The predicted octanol–water partition coefficient (Wildman–Crippen LogP) is -1.70. The van der Waals surface area contributed by atoms with Crippen LogP contribution in [0.4, 0.5) is 0 Å². The smallest absolute Gasteiger partial charge is 1.00 e. The van der Waals surface area contributed by atoms with Gasteiger partial charge in [-0.3, -0.25) is 0 Å². The Morgan fingerprint density at radius 3 is 2.44 bits per heavy atom. The van der Waals surface area contributed by atoms with Gasteiger partial charge in [0.1, 0.15) is 0 Å². The van der Waals surface area contributed by atoms with Crippen molar-refractivity contribution >= 4 is 16.3 Å². The van der Waals surface area contributed by atoms with E-state index in [0.29, 0.717) is 0 Å². The third kappa shape index (κ3) is 3.41. The van der Waals surface area contributed by atoms with Gasteiger partial charge in [-0.25, -0.2) is 0 Å². The zero-order valence-corrected chi connectivity index (χ0v) is 14.1. The maximum Gasteiger partial charge on any atom is 3.00 e. The summed E-state index contributed by atoms with van der Waals surface area (Å²) in [4.78, 5) is 0. The number of benzene rings is 1. The van der Waals surface area contributed by atoms with Gasteiger partial charge in [0.05, 0.1) is 0 Å². The zero-order chi connectivity index (χ0) is 10.3. The summed E-state index contributed by atoms with van der Waals surface area (Å²) < 4.78 is 0. The van der Waals surface area contributed by atoms with E-state index in [-0.39, 0.29) is 51.0 Å². The van der Waals surface area contributed by atoms with Crippen LogP contribution in [0.5, 0.6) is 0 Å². The molecule has 0 aliphatic heterocycles. The maximum atomic E-state index is 2.29. The van der Waals surface area contributed by atoms with Crippen LogP contribution in [0.3, 0.4) is 0 Å². The van der Waals surface area contributed by atoms with E-state index >= 15 is 0 Å². The topological polar surface area (TPSA) is 0 Å². The molecule has 0 heterocycles. The van der Waals surface area contributed by atoms with Gasteiger partial charge in [-0.05, 0) is 13.3 Å². The van der Waals surface area contributed by atoms with Crippen LogP contribution in [-0.4, -0.2) is 0 Å². The van der Waals surface area contributed by atoms with E-state index in [4.69, 9.17) is 0 Å². The summed E-state index contributed by atoms with van der Waals surface area (Å²) in [5.41, 5.74) is 4.21. The Kier molecular flexibility index (Phi) is 7.29. The van der Waals surface area contributed by atoms with Gasteiger partial charge in [0, 0.05) is 0 Å². The van der Waals surface area contributed by atoms with Crippen LogP contribution in [0.15, 0.2) is 54.1 Å². The molecule has 1 aliphatic carbocycles. The average molecular weight is 355 g/mol. The molecule has 0 nitrogen and oxygen atoms in total. The van der Waals surface area contributed by atoms with Crippen molar-refractivity contribution in [2.45, 2.75) is 13.3 Å². The molecule has 91 valence electrons. The van der Waals surface area contributed by atoms with E-state index in [1.807, 2.05) is 0 Å². The van der Waals surface area contributed by atoms with E-state index < -0.39 is 0 Å². The predicted molar refractivity (Wildman–Crippen MR) is 65.9 cm³/mol. The Morgan fingerprint density at radius 2 is 1.83 bits per heavy atom. The summed E-state index contributed by atoms with van der Waals surface area (Å²) in [5, 5.41) is 2.69. The molecule has 2 aromatic rings. The zero-order valence-electron chi connectivity index (χ0n) is 10.1. The Bertz CT molecular complexity index is 546. The van der Waals surface area contributed by atoms with Crippen LogP contribution in [-0.2, 0) is 26.2 Å². The minimum absolute atomic E-state index is 0. The average Bonchev–Trinajstić information content (AvgIpc) is 2.82. The fraction of sp³-hybridized carbons (Fsp3) is 0.133. The fourth-order valence-electron chi connectivity index (χ4n) is 2.20. The molecule has 0 N–H and O–H groups in total. The molecule has 0 fully saturated rings. The molecule has 0 unspecified atom stereocenters. The van der Waals surface area contributed by atoms with Crippen LogP contribution < -0.4 is 24.8 Å². The molecule has 0 aromatic heterocycles. The van der Waals surface area contributed by atoms with E-state index in [1.54, 1.807) is 0 Å². The number of allylic oxidation sites excluding steroid dienone is 4. The molecular formula is C15H13Cl2Zr. The number of rotatable bonds is 1. The second kappa shape index (κ2) is 7.38. The quantitative estimate of drug-likeness (QED) is 0.535. The van der Waals surface area contributed by atoms with Crippen molar-refractivity contribution in [3.8, 4) is 0 Å². The van der Waals surface area contributed by atoms with Crippen LogP contribution in [0, 0.1) is 0 Å².